The van der Waals surface area contributed by atoms with E-state index < -0.39 is 5.60 Å². The lowest BCUT2D eigenvalue weighted by atomic mass is 9.74. The number of pyridine rings is 1. The zero-order chi connectivity index (χ0) is 28.8. The molecule has 1 saturated carbocycles. The number of nitrogens with zero attached hydrogens (tertiary/aromatic N) is 6. The molecular formula is C33H37N7O2. The number of benzene rings is 1. The molecule has 0 bridgehead atoms. The summed E-state index contributed by atoms with van der Waals surface area (Å²) >= 11 is 0. The van der Waals surface area contributed by atoms with Crippen molar-refractivity contribution < 1.29 is 5.11 Å². The van der Waals surface area contributed by atoms with Gasteiger partial charge in [0.15, 0.2) is 11.5 Å². The van der Waals surface area contributed by atoms with Crippen LogP contribution in [0.15, 0.2) is 47.9 Å². The quantitative estimate of drug-likeness (QED) is 0.325. The monoisotopic (exact) mass is 563 g/mol. The van der Waals surface area contributed by atoms with Crippen molar-refractivity contribution in [2.45, 2.75) is 81.9 Å². The molecule has 2 unspecified atom stereocenters. The van der Waals surface area contributed by atoms with Crippen molar-refractivity contribution in [3.05, 3.63) is 81.4 Å². The Bertz CT molecular complexity index is 1830. The van der Waals surface area contributed by atoms with Crippen LogP contribution in [0.5, 0.6) is 0 Å². The summed E-state index contributed by atoms with van der Waals surface area (Å²) in [6.07, 6.45) is 11.3. The Hall–Kier alpha value is -3.82. The van der Waals surface area contributed by atoms with Crippen LogP contribution < -0.4 is 10.9 Å². The van der Waals surface area contributed by atoms with E-state index >= 15 is 0 Å². The molecule has 0 amide bonds. The third-order valence-electron chi connectivity index (χ3n) is 10.4. The van der Waals surface area contributed by atoms with E-state index in [2.05, 4.69) is 41.0 Å². The van der Waals surface area contributed by atoms with Gasteiger partial charge in [-0.25, -0.2) is 19.3 Å². The Morgan fingerprint density at radius 3 is 2.81 bits per heavy atom. The number of fused-ring (bicyclic) bond motifs is 3. The number of rotatable bonds is 6. The van der Waals surface area contributed by atoms with Gasteiger partial charge in [0.2, 0.25) is 5.95 Å². The lowest BCUT2D eigenvalue weighted by molar-refractivity contribution is 0.0306. The van der Waals surface area contributed by atoms with E-state index in [1.165, 1.54) is 36.8 Å². The van der Waals surface area contributed by atoms with E-state index in [9.17, 15) is 9.90 Å². The molecule has 1 aliphatic heterocycles. The minimum absolute atomic E-state index is 0.169. The maximum atomic E-state index is 13.5. The topological polar surface area (TPSA) is 101 Å². The number of likely N-dealkylation sites (N-methyl/N-ethyl adjacent to an activating group) is 1. The van der Waals surface area contributed by atoms with Crippen LogP contribution in [-0.2, 0) is 30.5 Å². The number of hydrogen-bond acceptors (Lipinski definition) is 7. The highest BCUT2D eigenvalue weighted by atomic mass is 16.3. The number of anilines is 2. The van der Waals surface area contributed by atoms with Gasteiger partial charge in [-0.3, -0.25) is 9.69 Å². The molecule has 8 rings (SSSR count). The fourth-order valence-electron chi connectivity index (χ4n) is 7.95. The van der Waals surface area contributed by atoms with Crippen LogP contribution in [0.1, 0.15) is 79.3 Å². The Labute approximate surface area is 244 Å². The molecule has 0 saturated heterocycles. The minimum atomic E-state index is -0.960. The van der Waals surface area contributed by atoms with E-state index in [-0.39, 0.29) is 11.1 Å². The van der Waals surface area contributed by atoms with E-state index in [1.807, 2.05) is 19.1 Å². The third-order valence-corrected chi connectivity index (χ3v) is 10.4. The van der Waals surface area contributed by atoms with Crippen molar-refractivity contribution in [1.82, 2.24) is 29.2 Å². The summed E-state index contributed by atoms with van der Waals surface area (Å²) < 4.78 is 3.33. The molecule has 216 valence electrons. The summed E-state index contributed by atoms with van der Waals surface area (Å²) in [7, 11) is 2.28. The van der Waals surface area contributed by atoms with Gasteiger partial charge in [-0.05, 0) is 105 Å². The number of aliphatic hydroxyl groups is 1. The lowest BCUT2D eigenvalue weighted by Crippen LogP contribution is -2.42. The van der Waals surface area contributed by atoms with Crippen molar-refractivity contribution in [3.8, 4) is 5.82 Å². The van der Waals surface area contributed by atoms with E-state index in [0.29, 0.717) is 53.8 Å². The second kappa shape index (κ2) is 9.09. The first-order valence-electron chi connectivity index (χ1n) is 15.3. The molecule has 2 atom stereocenters. The number of aryl methyl sites for hydroxylation is 2. The zero-order valence-electron chi connectivity index (χ0n) is 24.4. The van der Waals surface area contributed by atoms with Gasteiger partial charge in [0.1, 0.15) is 11.0 Å². The first-order chi connectivity index (χ1) is 20.3. The van der Waals surface area contributed by atoms with Crippen LogP contribution in [0.3, 0.4) is 0 Å². The van der Waals surface area contributed by atoms with Crippen LogP contribution in [0.2, 0.25) is 0 Å². The van der Waals surface area contributed by atoms with Gasteiger partial charge in [0.25, 0.3) is 5.56 Å². The second-order valence-electron chi connectivity index (χ2n) is 12.7. The smallest absolute Gasteiger partial charge is 0.278 e. The summed E-state index contributed by atoms with van der Waals surface area (Å²) in [6.45, 7) is 7.29. The molecule has 4 aliphatic rings. The Morgan fingerprint density at radius 1 is 1.17 bits per heavy atom. The predicted octanol–water partition coefficient (Wildman–Crippen LogP) is 4.81. The molecule has 0 radical (unpaired) electrons. The fraction of sp³-hybridized carbons (Fsp3) is 0.455. The molecule has 3 aliphatic carbocycles. The highest BCUT2D eigenvalue weighted by Gasteiger charge is 2.53. The molecule has 4 heterocycles. The van der Waals surface area contributed by atoms with Crippen LogP contribution >= 0.6 is 0 Å². The highest BCUT2D eigenvalue weighted by molar-refractivity contribution is 5.77. The molecule has 9 heteroatoms. The molecule has 2 N–H and O–H groups in total. The fourth-order valence-corrected chi connectivity index (χ4v) is 7.95. The number of aromatic nitrogens is 5. The number of allylic oxidation sites excluding steroid dienone is 1. The predicted molar refractivity (Wildman–Crippen MR) is 163 cm³/mol. The molecule has 42 heavy (non-hydrogen) atoms. The highest BCUT2D eigenvalue weighted by Crippen LogP contribution is 2.58. The first-order valence-corrected chi connectivity index (χ1v) is 15.3. The maximum Gasteiger partial charge on any atom is 0.278 e. The summed E-state index contributed by atoms with van der Waals surface area (Å²) in [5.74, 6) is 1.60. The van der Waals surface area contributed by atoms with E-state index in [0.717, 1.165) is 30.6 Å². The summed E-state index contributed by atoms with van der Waals surface area (Å²) in [4.78, 5) is 30.5. The number of hydrogen-bond donors (Lipinski definition) is 2. The Balaban J connectivity index is 1.24. The molecule has 9 nitrogen and oxygen atoms in total. The summed E-state index contributed by atoms with van der Waals surface area (Å²) in [5, 5.41) is 15.1. The van der Waals surface area contributed by atoms with Gasteiger partial charge < -0.3 is 10.4 Å². The van der Waals surface area contributed by atoms with Crippen molar-refractivity contribution in [3.63, 3.8) is 0 Å². The van der Waals surface area contributed by atoms with Crippen molar-refractivity contribution in [2.75, 3.05) is 18.9 Å². The average Bonchev–Trinajstić information content (AvgIpc) is 3.67. The standard InChI is InChI=1S/C33H37N7O2/c1-4-15-39-30(41)24-18-34-31(37-29(24)40(39)26-10-9-20-11-12-33(42,5-2)28(20)36-26)35-23-16-21-7-6-8-22-19-38(3)32(13-14-32)25(17-23)27(21)22/h4,9-10,16-18,22,42H,1,5-8,11-15,19H2,2-3H3,(H,34,35,37). The third kappa shape index (κ3) is 3.62. The first kappa shape index (κ1) is 25.9. The normalized spacial score (nSPS) is 23.6. The number of nitrogens with one attached hydrogen (secondary N) is 1. The van der Waals surface area contributed by atoms with Gasteiger partial charge in [-0.2, -0.15) is 4.98 Å². The Morgan fingerprint density at radius 2 is 2.02 bits per heavy atom. The van der Waals surface area contributed by atoms with Gasteiger partial charge in [-0.15, -0.1) is 6.58 Å². The van der Waals surface area contributed by atoms with Gasteiger partial charge in [0.05, 0.1) is 12.2 Å². The van der Waals surface area contributed by atoms with Crippen LogP contribution in [0.4, 0.5) is 11.6 Å². The van der Waals surface area contributed by atoms with Gasteiger partial charge in [-0.1, -0.05) is 19.1 Å². The minimum Gasteiger partial charge on any atom is -0.384 e. The lowest BCUT2D eigenvalue weighted by Gasteiger charge is -2.43. The SMILES string of the molecule is C=CCn1c(=O)c2cnc(Nc3cc4c5c(c3)C3(CC3)N(C)CC5CCC4)nc2n1-c1ccc2c(n1)C(O)(CC)CC2. The van der Waals surface area contributed by atoms with Crippen molar-refractivity contribution >= 4 is 22.7 Å². The van der Waals surface area contributed by atoms with Gasteiger partial charge in [0, 0.05) is 24.0 Å². The van der Waals surface area contributed by atoms with Crippen LogP contribution in [0, 0.1) is 0 Å². The van der Waals surface area contributed by atoms with Crippen LogP contribution in [-0.4, -0.2) is 47.9 Å². The molecule has 3 aromatic heterocycles. The summed E-state index contributed by atoms with van der Waals surface area (Å²) in [5.41, 5.74) is 6.72. The largest absolute Gasteiger partial charge is 0.384 e. The maximum absolute atomic E-state index is 13.5. The summed E-state index contributed by atoms with van der Waals surface area (Å²) in [6, 6.07) is 8.52. The molecule has 1 aromatic carbocycles. The van der Waals surface area contributed by atoms with E-state index in [4.69, 9.17) is 9.97 Å². The van der Waals surface area contributed by atoms with E-state index in [1.54, 1.807) is 27.2 Å². The average molecular weight is 564 g/mol. The Kier molecular flexibility index (Phi) is 5.59. The van der Waals surface area contributed by atoms with Crippen molar-refractivity contribution in [2.24, 2.45) is 0 Å². The molecule has 1 spiro atoms. The van der Waals surface area contributed by atoms with Crippen LogP contribution in [0.25, 0.3) is 16.9 Å². The molecule has 1 fully saturated rings. The second-order valence-corrected chi connectivity index (χ2v) is 12.7. The zero-order valence-corrected chi connectivity index (χ0v) is 24.4. The molecular weight excluding hydrogens is 526 g/mol. The van der Waals surface area contributed by atoms with Gasteiger partial charge >= 0.3 is 0 Å². The van der Waals surface area contributed by atoms with Crippen molar-refractivity contribution in [1.29, 1.82) is 0 Å². The molecule has 4 aromatic rings.